The molecule has 1 saturated heterocycles. The van der Waals surface area contributed by atoms with E-state index in [1.54, 1.807) is 11.8 Å². The van der Waals surface area contributed by atoms with Crippen molar-refractivity contribution in [2.75, 3.05) is 26.2 Å². The Labute approximate surface area is 175 Å². The summed E-state index contributed by atoms with van der Waals surface area (Å²) in [7, 11) is 0. The average Bonchev–Trinajstić information content (AvgIpc) is 3.34. The Kier molecular flexibility index (Phi) is 5.38. The van der Waals surface area contributed by atoms with E-state index in [1.165, 1.54) is 22.3 Å². The number of hydrogen-bond acceptors (Lipinski definition) is 5. The van der Waals surface area contributed by atoms with E-state index in [9.17, 15) is 18.4 Å². The van der Waals surface area contributed by atoms with Gasteiger partial charge < -0.3 is 14.2 Å². The summed E-state index contributed by atoms with van der Waals surface area (Å²) in [6.07, 6.45) is 0. The second-order valence-corrected chi connectivity index (χ2v) is 8.06. The number of amides is 2. The fraction of sp³-hybridized carbons (Fsp3) is 0.286. The third kappa shape index (κ3) is 3.85. The van der Waals surface area contributed by atoms with E-state index < -0.39 is 11.6 Å². The Morgan fingerprint density at radius 3 is 2.23 bits per heavy atom. The topological polar surface area (TPSA) is 66.7 Å². The van der Waals surface area contributed by atoms with E-state index in [0.29, 0.717) is 47.5 Å². The van der Waals surface area contributed by atoms with Crippen LogP contribution in [0.3, 0.4) is 0 Å². The molecule has 4 rings (SSSR count). The molecular formula is C21H19F2N3O3S. The zero-order valence-corrected chi connectivity index (χ0v) is 17.3. The molecule has 1 aliphatic rings. The maximum absolute atomic E-state index is 13.4. The van der Waals surface area contributed by atoms with Gasteiger partial charge in [-0.3, -0.25) is 9.59 Å². The molecule has 3 heterocycles. The zero-order valence-electron chi connectivity index (χ0n) is 16.4. The highest BCUT2D eigenvalue weighted by molar-refractivity contribution is 7.17. The first kappa shape index (κ1) is 20.2. The van der Waals surface area contributed by atoms with E-state index in [0.717, 1.165) is 17.9 Å². The van der Waals surface area contributed by atoms with E-state index in [-0.39, 0.29) is 17.4 Å². The van der Waals surface area contributed by atoms with Crippen LogP contribution >= 0.6 is 11.3 Å². The summed E-state index contributed by atoms with van der Waals surface area (Å²) in [4.78, 5) is 33.7. The van der Waals surface area contributed by atoms with E-state index in [1.807, 2.05) is 19.1 Å². The van der Waals surface area contributed by atoms with Crippen molar-refractivity contribution in [2.24, 2.45) is 0 Å². The number of furan rings is 1. The normalized spacial score (nSPS) is 14.3. The van der Waals surface area contributed by atoms with Gasteiger partial charge in [-0.15, -0.1) is 11.3 Å². The Bertz CT molecular complexity index is 1120. The molecule has 0 spiro atoms. The molecule has 156 valence electrons. The summed E-state index contributed by atoms with van der Waals surface area (Å²) in [5.74, 6) is -1.18. The number of aromatic nitrogens is 1. The van der Waals surface area contributed by atoms with Crippen molar-refractivity contribution in [1.29, 1.82) is 0 Å². The minimum atomic E-state index is -1.06. The van der Waals surface area contributed by atoms with Gasteiger partial charge in [0.15, 0.2) is 22.4 Å². The van der Waals surface area contributed by atoms with Gasteiger partial charge in [-0.2, -0.15) is 0 Å². The number of halogens is 2. The van der Waals surface area contributed by atoms with E-state index in [4.69, 9.17) is 4.42 Å². The number of nitrogens with zero attached hydrogens (tertiary/aromatic N) is 3. The summed E-state index contributed by atoms with van der Waals surface area (Å²) in [6, 6.07) is 6.76. The maximum Gasteiger partial charge on any atom is 0.265 e. The van der Waals surface area contributed by atoms with Crippen LogP contribution in [0.25, 0.3) is 10.8 Å². The molecule has 0 bridgehead atoms. The Hall–Kier alpha value is -3.07. The lowest BCUT2D eigenvalue weighted by atomic mass is 10.1. The molecule has 6 nitrogen and oxygen atoms in total. The Balaban J connectivity index is 1.43. The molecule has 0 unspecified atom stereocenters. The lowest BCUT2D eigenvalue weighted by Gasteiger charge is -2.34. The molecule has 0 saturated carbocycles. The zero-order chi connectivity index (χ0) is 21.4. The molecule has 0 aliphatic carbocycles. The minimum Gasteiger partial charge on any atom is -0.459 e. The molecular weight excluding hydrogens is 412 g/mol. The van der Waals surface area contributed by atoms with Crippen molar-refractivity contribution in [1.82, 2.24) is 14.8 Å². The summed E-state index contributed by atoms with van der Waals surface area (Å²) in [5, 5.41) is 0.649. The number of rotatable bonds is 3. The van der Waals surface area contributed by atoms with Gasteiger partial charge in [-0.05, 0) is 44.2 Å². The van der Waals surface area contributed by atoms with Crippen LogP contribution in [0.1, 0.15) is 31.5 Å². The highest BCUT2D eigenvalue weighted by Crippen LogP contribution is 2.30. The third-order valence-corrected chi connectivity index (χ3v) is 6.12. The molecule has 30 heavy (non-hydrogen) atoms. The summed E-state index contributed by atoms with van der Waals surface area (Å²) >= 11 is 1.28. The molecule has 2 aromatic heterocycles. The second kappa shape index (κ2) is 7.98. The summed E-state index contributed by atoms with van der Waals surface area (Å²) in [6.45, 7) is 4.95. The first-order chi connectivity index (χ1) is 14.3. The van der Waals surface area contributed by atoms with Gasteiger partial charge >= 0.3 is 0 Å². The minimum absolute atomic E-state index is 0.0883. The molecule has 1 aromatic carbocycles. The van der Waals surface area contributed by atoms with Gasteiger partial charge in [0.2, 0.25) is 0 Å². The number of thiazole rings is 1. The van der Waals surface area contributed by atoms with Crippen LogP contribution in [0.2, 0.25) is 0 Å². The van der Waals surface area contributed by atoms with Crippen molar-refractivity contribution in [3.8, 4) is 10.8 Å². The first-order valence-corrected chi connectivity index (χ1v) is 10.2. The number of benzene rings is 1. The van der Waals surface area contributed by atoms with E-state index in [2.05, 4.69) is 4.98 Å². The van der Waals surface area contributed by atoms with Crippen molar-refractivity contribution >= 4 is 23.2 Å². The van der Waals surface area contributed by atoms with Crippen molar-refractivity contribution < 1.29 is 22.8 Å². The standard InChI is InChI=1S/C21H19F2N3O3S/c1-12-3-6-17(29-12)19-24-13(2)18(30-19)21(28)26-9-7-25(8-10-26)20(27)14-4-5-15(22)16(23)11-14/h3-6,11H,7-10H2,1-2H3. The number of carbonyl (C=O) groups is 2. The van der Waals surface area contributed by atoms with Gasteiger partial charge in [0, 0.05) is 31.7 Å². The molecule has 1 fully saturated rings. The number of piperazine rings is 1. The monoisotopic (exact) mass is 431 g/mol. The van der Waals surface area contributed by atoms with Gasteiger partial charge in [0.25, 0.3) is 11.8 Å². The Morgan fingerprint density at radius 2 is 1.63 bits per heavy atom. The van der Waals surface area contributed by atoms with E-state index >= 15 is 0 Å². The summed E-state index contributed by atoms with van der Waals surface area (Å²) < 4.78 is 32.1. The van der Waals surface area contributed by atoms with Crippen LogP contribution in [-0.4, -0.2) is 52.8 Å². The smallest absolute Gasteiger partial charge is 0.265 e. The lowest BCUT2D eigenvalue weighted by molar-refractivity contribution is 0.0537. The quantitative estimate of drug-likeness (QED) is 0.631. The maximum atomic E-state index is 13.4. The molecule has 0 radical (unpaired) electrons. The number of aryl methyl sites for hydroxylation is 2. The molecule has 0 N–H and O–H groups in total. The van der Waals surface area contributed by atoms with Gasteiger partial charge in [0.05, 0.1) is 5.69 Å². The average molecular weight is 431 g/mol. The summed E-state index contributed by atoms with van der Waals surface area (Å²) in [5.41, 5.74) is 0.722. The molecule has 1 aliphatic heterocycles. The second-order valence-electron chi connectivity index (χ2n) is 7.06. The van der Waals surface area contributed by atoms with Gasteiger partial charge in [0.1, 0.15) is 10.6 Å². The highest BCUT2D eigenvalue weighted by atomic mass is 32.1. The predicted octanol–water partition coefficient (Wildman–Crippen LogP) is 3.90. The van der Waals surface area contributed by atoms with Crippen LogP contribution in [0.4, 0.5) is 8.78 Å². The third-order valence-electron chi connectivity index (χ3n) is 4.96. The largest absolute Gasteiger partial charge is 0.459 e. The fourth-order valence-corrected chi connectivity index (χ4v) is 4.31. The molecule has 9 heteroatoms. The lowest BCUT2D eigenvalue weighted by Crippen LogP contribution is -2.50. The van der Waals surface area contributed by atoms with Crippen LogP contribution in [0.5, 0.6) is 0 Å². The molecule has 2 amide bonds. The highest BCUT2D eigenvalue weighted by Gasteiger charge is 2.28. The Morgan fingerprint density at radius 1 is 0.967 bits per heavy atom. The first-order valence-electron chi connectivity index (χ1n) is 9.41. The molecule has 0 atom stereocenters. The van der Waals surface area contributed by atoms with Crippen LogP contribution < -0.4 is 0 Å². The number of carbonyl (C=O) groups excluding carboxylic acids is 2. The van der Waals surface area contributed by atoms with Crippen LogP contribution in [-0.2, 0) is 0 Å². The number of hydrogen-bond donors (Lipinski definition) is 0. The fourth-order valence-electron chi connectivity index (χ4n) is 3.32. The predicted molar refractivity (Wildman–Crippen MR) is 107 cm³/mol. The SMILES string of the molecule is Cc1ccc(-c2nc(C)c(C(=O)N3CCN(C(=O)c4ccc(F)c(F)c4)CC3)s2)o1. The van der Waals surface area contributed by atoms with Gasteiger partial charge in [-0.25, -0.2) is 13.8 Å². The van der Waals surface area contributed by atoms with Crippen molar-refractivity contribution in [3.63, 3.8) is 0 Å². The van der Waals surface area contributed by atoms with Crippen LogP contribution in [0, 0.1) is 25.5 Å². The van der Waals surface area contributed by atoms with Crippen molar-refractivity contribution in [2.45, 2.75) is 13.8 Å². The van der Waals surface area contributed by atoms with Crippen molar-refractivity contribution in [3.05, 3.63) is 63.9 Å². The molecule has 3 aromatic rings. The van der Waals surface area contributed by atoms with Gasteiger partial charge in [-0.1, -0.05) is 0 Å². The van der Waals surface area contributed by atoms with Crippen LogP contribution in [0.15, 0.2) is 34.7 Å².